The zero-order valence-electron chi connectivity index (χ0n) is 11.0. The molecule has 1 heterocycles. The normalized spacial score (nSPS) is 17.8. The van der Waals surface area contributed by atoms with Gasteiger partial charge in [-0.05, 0) is 25.2 Å². The van der Waals surface area contributed by atoms with Gasteiger partial charge >= 0.3 is 6.18 Å². The zero-order valence-corrected chi connectivity index (χ0v) is 11.0. The molecule has 1 aromatic carbocycles. The number of halogens is 3. The predicted octanol–water partition coefficient (Wildman–Crippen LogP) is 2.15. The van der Waals surface area contributed by atoms with Gasteiger partial charge in [0.25, 0.3) is 0 Å². The molecule has 0 amide bonds. The van der Waals surface area contributed by atoms with E-state index in [2.05, 4.69) is 10.3 Å². The van der Waals surface area contributed by atoms with Gasteiger partial charge in [0.1, 0.15) is 6.07 Å². The molecule has 0 aromatic heterocycles. The summed E-state index contributed by atoms with van der Waals surface area (Å²) in [5, 5.41) is 10.9. The Kier molecular flexibility index (Phi) is 4.16. The summed E-state index contributed by atoms with van der Waals surface area (Å²) in [5.74, 6) is 0. The molecule has 108 valence electrons. The Labute approximate surface area is 115 Å². The van der Waals surface area contributed by atoms with Crippen molar-refractivity contribution < 1.29 is 13.2 Å². The first kappa shape index (κ1) is 14.6. The molecule has 2 rings (SSSR count). The van der Waals surface area contributed by atoms with Crippen molar-refractivity contribution in [1.82, 2.24) is 9.91 Å². The van der Waals surface area contributed by atoms with Gasteiger partial charge in [-0.3, -0.25) is 0 Å². The van der Waals surface area contributed by atoms with Crippen molar-refractivity contribution in [3.63, 3.8) is 0 Å². The highest BCUT2D eigenvalue weighted by Gasteiger charge is 2.31. The molecule has 0 spiro atoms. The Morgan fingerprint density at radius 2 is 1.85 bits per heavy atom. The number of anilines is 1. The third kappa shape index (κ3) is 3.40. The number of benzene rings is 1. The molecule has 0 unspecified atom stereocenters. The Hall–Kier alpha value is -1.78. The molecule has 4 nitrogen and oxygen atoms in total. The summed E-state index contributed by atoms with van der Waals surface area (Å²) in [6, 6.07) is 4.97. The van der Waals surface area contributed by atoms with Crippen molar-refractivity contribution in [2.24, 2.45) is 0 Å². The maximum absolute atomic E-state index is 12.6. The van der Waals surface area contributed by atoms with E-state index in [0.29, 0.717) is 5.69 Å². The van der Waals surface area contributed by atoms with E-state index in [0.717, 1.165) is 38.3 Å². The van der Waals surface area contributed by atoms with Gasteiger partial charge in [0.15, 0.2) is 0 Å². The number of likely N-dealkylation sites (N-methyl/N-ethyl adjacent to an activating group) is 1. The van der Waals surface area contributed by atoms with E-state index >= 15 is 0 Å². The van der Waals surface area contributed by atoms with Crippen LogP contribution in [-0.2, 0) is 6.18 Å². The fourth-order valence-corrected chi connectivity index (χ4v) is 2.00. The first-order valence-corrected chi connectivity index (χ1v) is 6.21. The Balaban J connectivity index is 2.14. The lowest BCUT2D eigenvalue weighted by molar-refractivity contribution is -0.137. The first-order valence-electron chi connectivity index (χ1n) is 6.21. The number of hydrogen-bond donors (Lipinski definition) is 1. The van der Waals surface area contributed by atoms with Gasteiger partial charge in [0.05, 0.1) is 16.8 Å². The van der Waals surface area contributed by atoms with Crippen LogP contribution < -0.4 is 5.43 Å². The smallest absolute Gasteiger partial charge is 0.317 e. The number of piperazine rings is 1. The van der Waals surface area contributed by atoms with Crippen molar-refractivity contribution in [2.75, 3.05) is 38.7 Å². The molecule has 0 bridgehead atoms. The summed E-state index contributed by atoms with van der Waals surface area (Å²) in [7, 11) is 2.01. The molecule has 1 N–H and O–H groups in total. The molecule has 1 fully saturated rings. The summed E-state index contributed by atoms with van der Waals surface area (Å²) in [6.07, 6.45) is -4.43. The van der Waals surface area contributed by atoms with E-state index in [-0.39, 0.29) is 5.56 Å². The summed E-state index contributed by atoms with van der Waals surface area (Å²) in [5.41, 5.74) is 2.62. The molecule has 0 atom stereocenters. The average Bonchev–Trinajstić information content (AvgIpc) is 2.40. The van der Waals surface area contributed by atoms with Crippen molar-refractivity contribution in [3.05, 3.63) is 29.3 Å². The van der Waals surface area contributed by atoms with Gasteiger partial charge in [0, 0.05) is 26.2 Å². The molecule has 0 radical (unpaired) electrons. The predicted molar refractivity (Wildman–Crippen MR) is 68.9 cm³/mol. The first-order chi connectivity index (χ1) is 9.40. The molecule has 7 heteroatoms. The number of rotatable bonds is 2. The number of nitrogens with one attached hydrogen (secondary N) is 1. The highest BCUT2D eigenvalue weighted by molar-refractivity contribution is 5.58. The number of alkyl halides is 3. The molecular weight excluding hydrogens is 269 g/mol. The number of nitrogens with zero attached hydrogens (tertiary/aromatic N) is 3. The van der Waals surface area contributed by atoms with Crippen LogP contribution in [-0.4, -0.2) is 43.1 Å². The van der Waals surface area contributed by atoms with Crippen molar-refractivity contribution in [3.8, 4) is 6.07 Å². The van der Waals surface area contributed by atoms with Crippen molar-refractivity contribution in [2.45, 2.75) is 6.18 Å². The van der Waals surface area contributed by atoms with Crippen molar-refractivity contribution >= 4 is 5.69 Å². The summed E-state index contributed by atoms with van der Waals surface area (Å²) >= 11 is 0. The van der Waals surface area contributed by atoms with Gasteiger partial charge in [0.2, 0.25) is 0 Å². The molecule has 0 aliphatic carbocycles. The van der Waals surface area contributed by atoms with Crippen LogP contribution in [0.5, 0.6) is 0 Å². The summed E-state index contributed by atoms with van der Waals surface area (Å²) < 4.78 is 37.8. The van der Waals surface area contributed by atoms with E-state index in [1.54, 1.807) is 6.07 Å². The van der Waals surface area contributed by atoms with Gasteiger partial charge in [-0.1, -0.05) is 0 Å². The second kappa shape index (κ2) is 5.69. The molecule has 0 saturated carbocycles. The van der Waals surface area contributed by atoms with E-state index in [1.807, 2.05) is 12.1 Å². The van der Waals surface area contributed by atoms with Gasteiger partial charge < -0.3 is 10.3 Å². The van der Waals surface area contributed by atoms with E-state index < -0.39 is 11.7 Å². The number of hydrazine groups is 1. The van der Waals surface area contributed by atoms with Crippen LogP contribution in [0.4, 0.5) is 18.9 Å². The SMILES string of the molecule is CN1CCN(Nc2ccc(C(F)(F)F)cc2C#N)CC1. The molecular formula is C13H15F3N4. The quantitative estimate of drug-likeness (QED) is 0.903. The minimum absolute atomic E-state index is 0.00115. The van der Waals surface area contributed by atoms with Gasteiger partial charge in [-0.15, -0.1) is 0 Å². The Morgan fingerprint density at radius 3 is 2.40 bits per heavy atom. The topological polar surface area (TPSA) is 42.3 Å². The summed E-state index contributed by atoms with van der Waals surface area (Å²) in [6.45, 7) is 3.25. The van der Waals surface area contributed by atoms with Crippen LogP contribution in [0.1, 0.15) is 11.1 Å². The van der Waals surface area contributed by atoms with Crippen LogP contribution in [0, 0.1) is 11.3 Å². The van der Waals surface area contributed by atoms with Gasteiger partial charge in [-0.25, -0.2) is 5.01 Å². The molecule has 1 saturated heterocycles. The average molecular weight is 284 g/mol. The Morgan fingerprint density at radius 1 is 1.20 bits per heavy atom. The van der Waals surface area contributed by atoms with Crippen molar-refractivity contribution in [1.29, 1.82) is 5.26 Å². The lowest BCUT2D eigenvalue weighted by Crippen LogP contribution is -2.47. The van der Waals surface area contributed by atoms with E-state index in [9.17, 15) is 13.2 Å². The van der Waals surface area contributed by atoms with Crippen LogP contribution in [0.3, 0.4) is 0 Å². The fourth-order valence-electron chi connectivity index (χ4n) is 2.00. The molecule has 1 aliphatic heterocycles. The van der Waals surface area contributed by atoms with Crippen LogP contribution in [0.25, 0.3) is 0 Å². The lowest BCUT2D eigenvalue weighted by atomic mass is 10.1. The highest BCUT2D eigenvalue weighted by Crippen LogP contribution is 2.31. The van der Waals surface area contributed by atoms with E-state index in [1.165, 1.54) is 6.07 Å². The fraction of sp³-hybridized carbons (Fsp3) is 0.462. The van der Waals surface area contributed by atoms with Crippen LogP contribution in [0.2, 0.25) is 0 Å². The van der Waals surface area contributed by atoms with Crippen LogP contribution >= 0.6 is 0 Å². The molecule has 1 aromatic rings. The highest BCUT2D eigenvalue weighted by atomic mass is 19.4. The molecule has 20 heavy (non-hydrogen) atoms. The van der Waals surface area contributed by atoms with E-state index in [4.69, 9.17) is 5.26 Å². The third-order valence-electron chi connectivity index (χ3n) is 3.25. The second-order valence-corrected chi connectivity index (χ2v) is 4.77. The summed E-state index contributed by atoms with van der Waals surface area (Å²) in [4.78, 5) is 2.16. The van der Waals surface area contributed by atoms with Crippen LogP contribution in [0.15, 0.2) is 18.2 Å². The standard InChI is InChI=1S/C13H15F3N4/c1-19-4-6-20(7-5-19)18-12-3-2-11(13(14,15)16)8-10(12)9-17/h2-3,8,18H,4-7H2,1H3. The maximum Gasteiger partial charge on any atom is 0.416 e. The maximum atomic E-state index is 12.6. The zero-order chi connectivity index (χ0) is 14.8. The third-order valence-corrected chi connectivity index (χ3v) is 3.25. The molecule has 1 aliphatic rings. The monoisotopic (exact) mass is 284 g/mol. The lowest BCUT2D eigenvalue weighted by Gasteiger charge is -2.33. The minimum Gasteiger partial charge on any atom is -0.317 e. The largest absolute Gasteiger partial charge is 0.416 e. The van der Waals surface area contributed by atoms with Gasteiger partial charge in [-0.2, -0.15) is 18.4 Å². The minimum atomic E-state index is -4.43. The Bertz CT molecular complexity index is 513. The number of nitriles is 1. The second-order valence-electron chi connectivity index (χ2n) is 4.77. The number of hydrogen-bond acceptors (Lipinski definition) is 4.